The summed E-state index contributed by atoms with van der Waals surface area (Å²) in [4.78, 5) is 0. The average Bonchev–Trinajstić information content (AvgIpc) is 3.30. The van der Waals surface area contributed by atoms with Crippen LogP contribution in [0.2, 0.25) is 0 Å². The highest BCUT2D eigenvalue weighted by Gasteiger charge is 2.68. The van der Waals surface area contributed by atoms with Gasteiger partial charge in [-0.1, -0.05) is 13.8 Å². The fourth-order valence-corrected chi connectivity index (χ4v) is 11.8. The minimum absolute atomic E-state index is 0. The fraction of sp³-hybridized carbons (Fsp3) is 1.00. The van der Waals surface area contributed by atoms with Gasteiger partial charge in [-0.05, 0) is 61.7 Å². The second kappa shape index (κ2) is 11.6. The lowest BCUT2D eigenvalue weighted by molar-refractivity contribution is -0.927. The van der Waals surface area contributed by atoms with E-state index < -0.39 is 0 Å². The van der Waals surface area contributed by atoms with Crippen molar-refractivity contribution in [1.29, 1.82) is 0 Å². The zero-order valence-electron chi connectivity index (χ0n) is 25.8. The largest absolute Gasteiger partial charge is 1.00 e. The van der Waals surface area contributed by atoms with E-state index in [1.54, 1.807) is 0 Å². The van der Waals surface area contributed by atoms with E-state index in [1.807, 2.05) is 0 Å². The van der Waals surface area contributed by atoms with Gasteiger partial charge in [-0.3, -0.25) is 0 Å². The van der Waals surface area contributed by atoms with Crippen LogP contribution in [0, 0.1) is 34.0 Å². The second-order valence-corrected chi connectivity index (χ2v) is 16.8. The van der Waals surface area contributed by atoms with Crippen LogP contribution < -0.4 is 71.9 Å². The summed E-state index contributed by atoms with van der Waals surface area (Å²) in [6.45, 7) is 9.84. The van der Waals surface area contributed by atoms with Crippen molar-refractivity contribution in [2.45, 2.75) is 96.6 Å². The zero-order chi connectivity index (χ0) is 24.8. The van der Waals surface area contributed by atoms with Crippen LogP contribution in [0.1, 0.15) is 84.5 Å². The Bertz CT molecular complexity index is 786. The maximum Gasteiger partial charge on any atom is 0.0941 e. The highest BCUT2D eigenvalue weighted by atomic mass is 127. The molecule has 8 atom stereocenters. The SMILES string of the molecule is C[C@]12CC[C@H]3[C@@H](CC[C@@]4(C[N+](C)(C)C)CC([N+]5(C)CCCC5)CC[C@]34C)[C@@H]1CC[C@@H]2[N+](C)(C)C.[I-].[I-].[I-]. The molecule has 0 spiro atoms. The van der Waals surface area contributed by atoms with Crippen LogP contribution in [0.15, 0.2) is 0 Å². The highest BCUT2D eigenvalue weighted by Crippen LogP contribution is 2.71. The summed E-state index contributed by atoms with van der Waals surface area (Å²) in [6.07, 6.45) is 16.5. The molecule has 37 heavy (non-hydrogen) atoms. The maximum absolute atomic E-state index is 2.83. The maximum atomic E-state index is 2.83. The number of rotatable bonds is 4. The molecular weight excluding hydrogens is 795 g/mol. The van der Waals surface area contributed by atoms with Gasteiger partial charge in [0.05, 0.1) is 81.1 Å². The van der Waals surface area contributed by atoms with Crippen LogP contribution in [0.4, 0.5) is 0 Å². The standard InChI is InChI=1S/C31H60N3.3HI/c1-29-17-16-27-25(26(29)12-13-28(29)33(6,7)8)15-19-31(23-32(3,4)5)22-24(14-18-30(27,31)2)34(9)20-10-11-21-34;;;/h24-28H,10-23H2,1-9H3;3*1H/q+3;;;/p-3/t24?,25-,26-,27-,28-,29-,30+,31-;;;/m0.../s1. The van der Waals surface area contributed by atoms with E-state index in [-0.39, 0.29) is 71.9 Å². The van der Waals surface area contributed by atoms with Gasteiger partial charge in [-0.25, -0.2) is 0 Å². The molecule has 0 bridgehead atoms. The Balaban J connectivity index is 0.00000160. The molecule has 4 saturated carbocycles. The molecule has 0 amide bonds. The van der Waals surface area contributed by atoms with Crippen LogP contribution in [0.25, 0.3) is 0 Å². The van der Waals surface area contributed by atoms with Crippen molar-refractivity contribution in [3.8, 4) is 0 Å². The van der Waals surface area contributed by atoms with E-state index in [9.17, 15) is 0 Å². The van der Waals surface area contributed by atoms with E-state index in [0.717, 1.165) is 34.3 Å². The van der Waals surface area contributed by atoms with Gasteiger partial charge < -0.3 is 85.4 Å². The Morgan fingerprint density at radius 2 is 1.35 bits per heavy atom. The first-order valence-corrected chi connectivity index (χ1v) is 15.1. The van der Waals surface area contributed by atoms with E-state index in [1.165, 1.54) is 99.2 Å². The molecule has 0 aromatic rings. The van der Waals surface area contributed by atoms with E-state index in [0.29, 0.717) is 16.2 Å². The number of fused-ring (bicyclic) bond motifs is 5. The molecule has 5 aliphatic rings. The lowest BCUT2D eigenvalue weighted by atomic mass is 9.39. The molecule has 1 heterocycles. The summed E-state index contributed by atoms with van der Waals surface area (Å²) < 4.78 is 3.72. The summed E-state index contributed by atoms with van der Waals surface area (Å²) in [6, 6.07) is 1.78. The minimum Gasteiger partial charge on any atom is -1.00 e. The molecule has 0 aromatic heterocycles. The summed E-state index contributed by atoms with van der Waals surface area (Å²) in [5, 5.41) is 0. The lowest BCUT2D eigenvalue weighted by Gasteiger charge is -2.67. The lowest BCUT2D eigenvalue weighted by Crippen LogP contribution is -3.00. The van der Waals surface area contributed by atoms with E-state index in [4.69, 9.17) is 0 Å². The number of likely N-dealkylation sites (tertiary alicyclic amines) is 1. The zero-order valence-corrected chi connectivity index (χ0v) is 32.2. The molecule has 1 unspecified atom stereocenters. The molecule has 0 N–H and O–H groups in total. The second-order valence-electron chi connectivity index (χ2n) is 16.8. The van der Waals surface area contributed by atoms with Gasteiger partial charge in [-0.15, -0.1) is 0 Å². The smallest absolute Gasteiger partial charge is 0.0941 e. The van der Waals surface area contributed by atoms with Crippen LogP contribution in [0.3, 0.4) is 0 Å². The number of halogens is 3. The molecule has 4 aliphatic carbocycles. The molecule has 1 saturated heterocycles. The van der Waals surface area contributed by atoms with Crippen molar-refractivity contribution in [2.24, 2.45) is 34.0 Å². The van der Waals surface area contributed by atoms with E-state index in [2.05, 4.69) is 63.2 Å². The number of hydrogen-bond acceptors (Lipinski definition) is 0. The summed E-state index contributed by atoms with van der Waals surface area (Å²) >= 11 is 0. The normalized spacial score (nSPS) is 44.8. The fourth-order valence-electron chi connectivity index (χ4n) is 11.8. The number of nitrogens with zero attached hydrogens (tertiary/aromatic N) is 3. The number of hydrogen-bond donors (Lipinski definition) is 0. The van der Waals surface area contributed by atoms with E-state index >= 15 is 0 Å². The molecule has 3 nitrogen and oxygen atoms in total. The van der Waals surface area contributed by atoms with Crippen molar-refractivity contribution < 1.29 is 85.4 Å². The molecule has 0 radical (unpaired) electrons. The quantitative estimate of drug-likeness (QED) is 0.207. The Morgan fingerprint density at radius 1 is 0.730 bits per heavy atom. The molecule has 6 heteroatoms. The summed E-state index contributed by atoms with van der Waals surface area (Å²) in [7, 11) is 17.5. The van der Waals surface area contributed by atoms with Gasteiger partial charge in [-0.2, -0.15) is 0 Å². The van der Waals surface area contributed by atoms with Crippen molar-refractivity contribution >= 4 is 0 Å². The molecule has 1 aliphatic heterocycles. The Morgan fingerprint density at radius 3 is 1.92 bits per heavy atom. The third kappa shape index (κ3) is 5.84. The first kappa shape index (κ1) is 35.3. The third-order valence-corrected chi connectivity index (χ3v) is 13.2. The Labute approximate surface area is 282 Å². The van der Waals surface area contributed by atoms with Crippen molar-refractivity contribution in [3.63, 3.8) is 0 Å². The predicted octanol–water partition coefficient (Wildman–Crippen LogP) is -3.20. The average molecular weight is 856 g/mol. The topological polar surface area (TPSA) is 0 Å². The van der Waals surface area contributed by atoms with Gasteiger partial charge in [0, 0.05) is 42.9 Å². The van der Waals surface area contributed by atoms with Crippen LogP contribution in [0.5, 0.6) is 0 Å². The third-order valence-electron chi connectivity index (χ3n) is 13.2. The highest BCUT2D eigenvalue weighted by molar-refractivity contribution is 5.14. The number of quaternary nitrogens is 3. The van der Waals surface area contributed by atoms with Gasteiger partial charge in [0.15, 0.2) is 0 Å². The van der Waals surface area contributed by atoms with Crippen molar-refractivity contribution in [2.75, 3.05) is 69.0 Å². The van der Waals surface area contributed by atoms with Gasteiger partial charge in [0.1, 0.15) is 0 Å². The monoisotopic (exact) mass is 855 g/mol. The molecule has 220 valence electrons. The molecule has 5 rings (SSSR count). The van der Waals surface area contributed by atoms with Crippen molar-refractivity contribution in [1.82, 2.24) is 0 Å². The first-order chi connectivity index (χ1) is 15.6. The molecule has 0 aromatic carbocycles. The molecular formula is C31H60I3N3. The van der Waals surface area contributed by atoms with Gasteiger partial charge in [0.2, 0.25) is 0 Å². The minimum atomic E-state index is 0. The summed E-state index contributed by atoms with van der Waals surface area (Å²) in [5.74, 6) is 2.95. The molecule has 5 fully saturated rings. The van der Waals surface area contributed by atoms with Gasteiger partial charge in [0.25, 0.3) is 0 Å². The van der Waals surface area contributed by atoms with Crippen molar-refractivity contribution in [3.05, 3.63) is 0 Å². The summed E-state index contributed by atoms with van der Waals surface area (Å²) in [5.41, 5.74) is 1.67. The van der Waals surface area contributed by atoms with Crippen LogP contribution in [-0.2, 0) is 0 Å². The van der Waals surface area contributed by atoms with Crippen LogP contribution >= 0.6 is 0 Å². The Hall–Kier alpha value is 2.07. The predicted molar refractivity (Wildman–Crippen MR) is 144 cm³/mol. The van der Waals surface area contributed by atoms with Crippen LogP contribution in [-0.4, -0.2) is 94.5 Å². The Kier molecular flexibility index (Phi) is 11.1. The first-order valence-electron chi connectivity index (χ1n) is 15.1. The van der Waals surface area contributed by atoms with Gasteiger partial charge >= 0.3 is 0 Å².